The molecular formula is C12H4Br3N5O8. The van der Waals surface area contributed by atoms with Gasteiger partial charge in [-0.1, -0.05) is 0 Å². The van der Waals surface area contributed by atoms with Gasteiger partial charge >= 0.3 is 17.1 Å². The number of hydrogen-bond acceptors (Lipinski definition) is 9. The van der Waals surface area contributed by atoms with Crippen molar-refractivity contribution in [3.05, 3.63) is 72.1 Å². The summed E-state index contributed by atoms with van der Waals surface area (Å²) in [7, 11) is 0. The minimum Gasteiger partial charge on any atom is -0.338 e. The number of rotatable bonds is 6. The molecule has 2 aromatic carbocycles. The van der Waals surface area contributed by atoms with Crippen molar-refractivity contribution < 1.29 is 19.7 Å². The lowest BCUT2D eigenvalue weighted by Crippen LogP contribution is -2.06. The van der Waals surface area contributed by atoms with E-state index in [1.165, 1.54) is 6.07 Å². The Bertz CT molecular complexity index is 1030. The minimum absolute atomic E-state index is 0.0320. The molecule has 0 spiro atoms. The third-order valence-corrected chi connectivity index (χ3v) is 5.85. The molecule has 146 valence electrons. The van der Waals surface area contributed by atoms with Crippen LogP contribution in [0.4, 0.5) is 34.1 Å². The maximum absolute atomic E-state index is 11.5. The van der Waals surface area contributed by atoms with E-state index in [0.717, 1.165) is 0 Å². The monoisotopic (exact) mass is 583 g/mol. The largest absolute Gasteiger partial charge is 0.338 e. The Labute approximate surface area is 178 Å². The van der Waals surface area contributed by atoms with Gasteiger partial charge in [0.1, 0.15) is 10.2 Å². The Kier molecular flexibility index (Phi) is 6.25. The molecule has 0 saturated carbocycles. The average Bonchev–Trinajstić information content (AvgIpc) is 2.58. The zero-order valence-electron chi connectivity index (χ0n) is 12.9. The Morgan fingerprint density at radius 1 is 0.679 bits per heavy atom. The first-order chi connectivity index (χ1) is 13.0. The van der Waals surface area contributed by atoms with Crippen LogP contribution in [0.15, 0.2) is 31.6 Å². The standard InChI is InChI=1S/C12H4Br3N5O8/c13-5-3-6(14)10(12(9(5)15)20(27)28)16-11-7(18(23)24)1-4(17(21)22)2-8(11)19(25)26/h1-3,16H. The first kappa shape index (κ1) is 21.6. The summed E-state index contributed by atoms with van der Waals surface area (Å²) in [6.07, 6.45) is 0. The van der Waals surface area contributed by atoms with E-state index in [4.69, 9.17) is 0 Å². The van der Waals surface area contributed by atoms with E-state index >= 15 is 0 Å². The summed E-state index contributed by atoms with van der Waals surface area (Å²) in [5.74, 6) is 0. The predicted octanol–water partition coefficient (Wildman–Crippen LogP) is 5.35. The molecule has 0 heterocycles. The van der Waals surface area contributed by atoms with Crippen molar-refractivity contribution in [3.8, 4) is 0 Å². The number of anilines is 2. The first-order valence-electron chi connectivity index (χ1n) is 6.65. The molecule has 28 heavy (non-hydrogen) atoms. The van der Waals surface area contributed by atoms with Gasteiger partial charge in [0.15, 0.2) is 5.69 Å². The smallest absolute Gasteiger partial charge is 0.309 e. The quantitative estimate of drug-likeness (QED) is 0.265. The van der Waals surface area contributed by atoms with Gasteiger partial charge in [0.05, 0.1) is 31.8 Å². The van der Waals surface area contributed by atoms with Crippen molar-refractivity contribution in [2.75, 3.05) is 5.32 Å². The van der Waals surface area contributed by atoms with Gasteiger partial charge in [0.25, 0.3) is 5.69 Å². The van der Waals surface area contributed by atoms with Crippen LogP contribution in [0.1, 0.15) is 0 Å². The predicted molar refractivity (Wildman–Crippen MR) is 106 cm³/mol. The van der Waals surface area contributed by atoms with E-state index in [-0.39, 0.29) is 19.1 Å². The van der Waals surface area contributed by atoms with E-state index in [0.29, 0.717) is 12.1 Å². The maximum Gasteiger partial charge on any atom is 0.309 e. The molecule has 0 unspecified atom stereocenters. The number of halogens is 3. The Morgan fingerprint density at radius 2 is 1.18 bits per heavy atom. The topological polar surface area (TPSA) is 185 Å². The summed E-state index contributed by atoms with van der Waals surface area (Å²) >= 11 is 9.14. The molecule has 16 heteroatoms. The number of nitrogens with zero attached hydrogens (tertiary/aromatic N) is 4. The molecular weight excluding hydrogens is 582 g/mol. The zero-order chi connectivity index (χ0) is 21.3. The molecule has 2 rings (SSSR count). The highest BCUT2D eigenvalue weighted by atomic mass is 79.9. The van der Waals surface area contributed by atoms with E-state index in [2.05, 4.69) is 53.1 Å². The van der Waals surface area contributed by atoms with E-state index in [1.807, 2.05) is 0 Å². The molecule has 0 saturated heterocycles. The molecule has 0 aliphatic heterocycles. The lowest BCUT2D eigenvalue weighted by molar-refractivity contribution is -0.401. The van der Waals surface area contributed by atoms with E-state index in [9.17, 15) is 40.5 Å². The van der Waals surface area contributed by atoms with Crippen molar-refractivity contribution in [1.29, 1.82) is 0 Å². The van der Waals surface area contributed by atoms with Gasteiger partial charge in [-0.25, -0.2) is 0 Å². The van der Waals surface area contributed by atoms with Crippen LogP contribution < -0.4 is 5.32 Å². The van der Waals surface area contributed by atoms with Gasteiger partial charge in [-0.3, -0.25) is 40.5 Å². The lowest BCUT2D eigenvalue weighted by Gasteiger charge is -2.12. The van der Waals surface area contributed by atoms with Crippen molar-refractivity contribution in [1.82, 2.24) is 0 Å². The number of benzene rings is 2. The molecule has 2 aromatic rings. The third-order valence-electron chi connectivity index (χ3n) is 3.26. The lowest BCUT2D eigenvalue weighted by atomic mass is 10.2. The molecule has 1 N–H and O–H groups in total. The number of nitro groups is 4. The van der Waals surface area contributed by atoms with Crippen LogP contribution in [0.2, 0.25) is 0 Å². The normalized spacial score (nSPS) is 10.4. The summed E-state index contributed by atoms with van der Waals surface area (Å²) in [5, 5.41) is 47.4. The number of nitrogens with one attached hydrogen (secondary N) is 1. The van der Waals surface area contributed by atoms with Crippen LogP contribution in [0.5, 0.6) is 0 Å². The molecule has 13 nitrogen and oxygen atoms in total. The van der Waals surface area contributed by atoms with Crippen LogP contribution in [-0.2, 0) is 0 Å². The fraction of sp³-hybridized carbons (Fsp3) is 0. The van der Waals surface area contributed by atoms with Crippen molar-refractivity contribution in [3.63, 3.8) is 0 Å². The Balaban J connectivity index is 2.86. The SMILES string of the molecule is O=[N+]([O-])c1cc([N+](=O)[O-])c(Nc2c(Br)cc(Br)c(Br)c2[N+](=O)[O-])c([N+](=O)[O-])c1. The zero-order valence-corrected chi connectivity index (χ0v) is 17.7. The molecule has 0 fully saturated rings. The fourth-order valence-corrected chi connectivity index (χ4v) is 3.81. The second-order valence-electron chi connectivity index (χ2n) is 4.89. The summed E-state index contributed by atoms with van der Waals surface area (Å²) in [6, 6.07) is 2.40. The molecule has 0 bridgehead atoms. The van der Waals surface area contributed by atoms with Crippen molar-refractivity contribution in [2.24, 2.45) is 0 Å². The van der Waals surface area contributed by atoms with Crippen LogP contribution >= 0.6 is 47.8 Å². The molecule has 0 radical (unpaired) electrons. The molecule has 0 aromatic heterocycles. The first-order valence-corrected chi connectivity index (χ1v) is 9.03. The molecule has 0 aliphatic carbocycles. The Morgan fingerprint density at radius 3 is 1.57 bits per heavy atom. The van der Waals surface area contributed by atoms with Crippen molar-refractivity contribution >= 4 is 81.9 Å². The van der Waals surface area contributed by atoms with Gasteiger partial charge in [0, 0.05) is 8.95 Å². The minimum atomic E-state index is -1.07. The summed E-state index contributed by atoms with van der Waals surface area (Å²) in [6.45, 7) is 0. The third kappa shape index (κ3) is 4.07. The highest BCUT2D eigenvalue weighted by Crippen LogP contribution is 2.47. The molecule has 0 aliphatic rings. The fourth-order valence-electron chi connectivity index (χ4n) is 2.12. The van der Waals surface area contributed by atoms with Crippen LogP contribution in [0.25, 0.3) is 0 Å². The maximum atomic E-state index is 11.5. The van der Waals surface area contributed by atoms with Crippen LogP contribution in [0.3, 0.4) is 0 Å². The summed E-state index contributed by atoms with van der Waals surface area (Å²) in [5.41, 5.74) is -4.54. The van der Waals surface area contributed by atoms with E-state index in [1.54, 1.807) is 0 Å². The molecule has 0 atom stereocenters. The van der Waals surface area contributed by atoms with Gasteiger partial charge in [-0.15, -0.1) is 0 Å². The second kappa shape index (κ2) is 8.11. The van der Waals surface area contributed by atoms with Gasteiger partial charge < -0.3 is 5.32 Å². The molecule has 0 amide bonds. The van der Waals surface area contributed by atoms with E-state index < -0.39 is 48.1 Å². The summed E-state index contributed by atoms with van der Waals surface area (Å²) < 4.78 is 0.288. The van der Waals surface area contributed by atoms with Gasteiger partial charge in [0.2, 0.25) is 0 Å². The number of nitro benzene ring substituents is 4. The van der Waals surface area contributed by atoms with Crippen LogP contribution in [0, 0.1) is 40.5 Å². The van der Waals surface area contributed by atoms with Gasteiger partial charge in [-0.05, 0) is 53.9 Å². The second-order valence-corrected chi connectivity index (χ2v) is 7.39. The highest BCUT2D eigenvalue weighted by Gasteiger charge is 2.33. The van der Waals surface area contributed by atoms with Crippen LogP contribution in [-0.4, -0.2) is 19.7 Å². The van der Waals surface area contributed by atoms with Crippen molar-refractivity contribution in [2.45, 2.75) is 0 Å². The summed E-state index contributed by atoms with van der Waals surface area (Å²) in [4.78, 5) is 41.1. The average molecular weight is 586 g/mol. The van der Waals surface area contributed by atoms with Gasteiger partial charge in [-0.2, -0.15) is 0 Å². The Hall–Kier alpha value is -2.72. The highest BCUT2D eigenvalue weighted by molar-refractivity contribution is 9.13. The number of non-ortho nitro benzene ring substituents is 1. The number of hydrogen-bond donors (Lipinski definition) is 1.